The summed E-state index contributed by atoms with van der Waals surface area (Å²) in [6.07, 6.45) is 2.47. The highest BCUT2D eigenvalue weighted by Crippen LogP contribution is 2.29. The van der Waals surface area contributed by atoms with Crippen molar-refractivity contribution < 1.29 is 14.3 Å². The van der Waals surface area contributed by atoms with E-state index in [0.29, 0.717) is 22.9 Å². The SMILES string of the molecule is COc1ccccc1C(=O)N[C@@H](CCSC)C(=O)Nc1nc(-c2cc(C)c(C)cc2C)cs1. The van der Waals surface area contributed by atoms with Crippen molar-refractivity contribution in [2.75, 3.05) is 24.4 Å². The van der Waals surface area contributed by atoms with Gasteiger partial charge in [0.05, 0.1) is 18.4 Å². The zero-order valence-electron chi connectivity index (χ0n) is 19.5. The van der Waals surface area contributed by atoms with Crippen molar-refractivity contribution in [2.45, 2.75) is 33.2 Å². The molecular weight excluding hydrogens is 454 g/mol. The fourth-order valence-corrected chi connectivity index (χ4v) is 4.64. The average Bonchev–Trinajstić information content (AvgIpc) is 3.26. The summed E-state index contributed by atoms with van der Waals surface area (Å²) in [5.74, 6) is 0.562. The van der Waals surface area contributed by atoms with Crippen LogP contribution in [0, 0.1) is 20.8 Å². The molecule has 0 spiro atoms. The summed E-state index contributed by atoms with van der Waals surface area (Å²) in [5.41, 5.74) is 5.85. The molecule has 0 aliphatic heterocycles. The molecule has 0 aliphatic carbocycles. The van der Waals surface area contributed by atoms with E-state index in [1.165, 1.54) is 29.6 Å². The smallest absolute Gasteiger partial charge is 0.255 e. The molecule has 3 rings (SSSR count). The van der Waals surface area contributed by atoms with E-state index >= 15 is 0 Å². The molecule has 1 atom stereocenters. The van der Waals surface area contributed by atoms with Gasteiger partial charge in [0.1, 0.15) is 11.8 Å². The Morgan fingerprint density at radius 1 is 1.12 bits per heavy atom. The normalized spacial score (nSPS) is 11.7. The molecule has 2 amide bonds. The molecule has 8 heteroatoms. The summed E-state index contributed by atoms with van der Waals surface area (Å²) in [5, 5.41) is 8.19. The Labute approximate surface area is 203 Å². The van der Waals surface area contributed by atoms with Crippen LogP contribution in [0.2, 0.25) is 0 Å². The first-order chi connectivity index (χ1) is 15.8. The third-order valence-corrected chi connectivity index (χ3v) is 6.84. The number of rotatable bonds is 9. The van der Waals surface area contributed by atoms with Gasteiger partial charge >= 0.3 is 0 Å². The first-order valence-corrected chi connectivity index (χ1v) is 12.9. The van der Waals surface area contributed by atoms with E-state index in [1.807, 2.05) is 11.6 Å². The first-order valence-electron chi connectivity index (χ1n) is 10.6. The molecule has 6 nitrogen and oxygen atoms in total. The highest BCUT2D eigenvalue weighted by molar-refractivity contribution is 7.98. The number of aromatic nitrogens is 1. The summed E-state index contributed by atoms with van der Waals surface area (Å²) in [7, 11) is 1.52. The van der Waals surface area contributed by atoms with Crippen molar-refractivity contribution in [1.29, 1.82) is 0 Å². The molecule has 174 valence electrons. The zero-order valence-corrected chi connectivity index (χ0v) is 21.2. The van der Waals surface area contributed by atoms with Crippen LogP contribution in [-0.4, -0.2) is 42.0 Å². The number of nitrogens with zero attached hydrogens (tertiary/aromatic N) is 1. The van der Waals surface area contributed by atoms with E-state index in [1.54, 1.807) is 36.0 Å². The number of anilines is 1. The van der Waals surface area contributed by atoms with Crippen molar-refractivity contribution in [2.24, 2.45) is 0 Å². The lowest BCUT2D eigenvalue weighted by molar-refractivity contribution is -0.118. The van der Waals surface area contributed by atoms with Crippen LogP contribution in [0.15, 0.2) is 41.8 Å². The van der Waals surface area contributed by atoms with Crippen LogP contribution in [0.3, 0.4) is 0 Å². The van der Waals surface area contributed by atoms with E-state index in [-0.39, 0.29) is 11.8 Å². The van der Waals surface area contributed by atoms with E-state index in [0.717, 1.165) is 22.6 Å². The Hall–Kier alpha value is -2.84. The average molecular weight is 484 g/mol. The van der Waals surface area contributed by atoms with Gasteiger partial charge in [-0.25, -0.2) is 4.98 Å². The van der Waals surface area contributed by atoms with Crippen molar-refractivity contribution in [3.05, 3.63) is 64.0 Å². The molecule has 0 saturated heterocycles. The molecule has 0 fully saturated rings. The van der Waals surface area contributed by atoms with Crippen LogP contribution in [0.5, 0.6) is 5.75 Å². The van der Waals surface area contributed by atoms with Gasteiger partial charge in [-0.2, -0.15) is 11.8 Å². The molecule has 1 aromatic heterocycles. The number of nitrogens with one attached hydrogen (secondary N) is 2. The van der Waals surface area contributed by atoms with Gasteiger partial charge in [-0.05, 0) is 74.1 Å². The highest BCUT2D eigenvalue weighted by atomic mass is 32.2. The fraction of sp³-hybridized carbons (Fsp3) is 0.320. The summed E-state index contributed by atoms with van der Waals surface area (Å²) in [4.78, 5) is 30.5. The number of aryl methyl sites for hydroxylation is 3. The number of carbonyl (C=O) groups excluding carboxylic acids is 2. The largest absolute Gasteiger partial charge is 0.496 e. The molecule has 0 unspecified atom stereocenters. The van der Waals surface area contributed by atoms with Crippen molar-refractivity contribution in [1.82, 2.24) is 10.3 Å². The van der Waals surface area contributed by atoms with Crippen LogP contribution in [0.1, 0.15) is 33.5 Å². The maximum Gasteiger partial charge on any atom is 0.255 e. The van der Waals surface area contributed by atoms with E-state index < -0.39 is 6.04 Å². The predicted octanol–water partition coefficient (Wildman–Crippen LogP) is 5.23. The monoisotopic (exact) mass is 483 g/mol. The van der Waals surface area contributed by atoms with E-state index in [9.17, 15) is 9.59 Å². The molecule has 0 aliphatic rings. The number of carbonyl (C=O) groups is 2. The van der Waals surface area contributed by atoms with E-state index in [4.69, 9.17) is 4.74 Å². The summed E-state index contributed by atoms with van der Waals surface area (Å²) < 4.78 is 5.28. The third kappa shape index (κ3) is 6.15. The zero-order chi connectivity index (χ0) is 24.0. The Bertz CT molecular complexity index is 1140. The molecule has 2 N–H and O–H groups in total. The Morgan fingerprint density at radius 3 is 2.58 bits per heavy atom. The van der Waals surface area contributed by atoms with Crippen LogP contribution >= 0.6 is 23.1 Å². The number of thioether (sulfide) groups is 1. The Morgan fingerprint density at radius 2 is 1.85 bits per heavy atom. The molecule has 0 saturated carbocycles. The van der Waals surface area contributed by atoms with Gasteiger partial charge < -0.3 is 15.4 Å². The minimum atomic E-state index is -0.689. The predicted molar refractivity (Wildman–Crippen MR) is 138 cm³/mol. The van der Waals surface area contributed by atoms with Gasteiger partial charge in [0.15, 0.2) is 5.13 Å². The number of hydrogen-bond acceptors (Lipinski definition) is 6. The molecule has 0 radical (unpaired) electrons. The van der Waals surface area contributed by atoms with Crippen molar-refractivity contribution >= 4 is 40.0 Å². The van der Waals surface area contributed by atoms with Crippen LogP contribution in [0.4, 0.5) is 5.13 Å². The van der Waals surface area contributed by atoms with Crippen LogP contribution in [-0.2, 0) is 4.79 Å². The molecule has 2 aromatic carbocycles. The summed E-state index contributed by atoms with van der Waals surface area (Å²) >= 11 is 2.99. The lowest BCUT2D eigenvalue weighted by Gasteiger charge is -2.18. The first kappa shape index (κ1) is 24.8. The van der Waals surface area contributed by atoms with Gasteiger partial charge in [-0.1, -0.05) is 18.2 Å². The second-order valence-electron chi connectivity index (χ2n) is 7.79. The quantitative estimate of drug-likeness (QED) is 0.435. The molecule has 0 bridgehead atoms. The van der Waals surface area contributed by atoms with Crippen molar-refractivity contribution in [3.63, 3.8) is 0 Å². The van der Waals surface area contributed by atoms with Gasteiger partial charge in [0, 0.05) is 10.9 Å². The van der Waals surface area contributed by atoms with Crippen LogP contribution < -0.4 is 15.4 Å². The minimum Gasteiger partial charge on any atom is -0.496 e. The maximum absolute atomic E-state index is 13.1. The lowest BCUT2D eigenvalue weighted by Crippen LogP contribution is -2.44. The Kier molecular flexibility index (Phi) is 8.52. The Balaban J connectivity index is 1.76. The second kappa shape index (κ2) is 11.3. The number of thiazole rings is 1. The maximum atomic E-state index is 13.1. The molecule has 1 heterocycles. The van der Waals surface area contributed by atoms with Crippen molar-refractivity contribution in [3.8, 4) is 17.0 Å². The number of benzene rings is 2. The topological polar surface area (TPSA) is 80.3 Å². The van der Waals surface area contributed by atoms with Crippen LogP contribution in [0.25, 0.3) is 11.3 Å². The molecule has 3 aromatic rings. The molecular formula is C25H29N3O3S2. The van der Waals surface area contributed by atoms with E-state index in [2.05, 4.69) is 48.5 Å². The number of amides is 2. The fourth-order valence-electron chi connectivity index (χ4n) is 3.46. The van der Waals surface area contributed by atoms with Gasteiger partial charge in [-0.15, -0.1) is 11.3 Å². The standard InChI is InChI=1S/C25H29N3O3S2/c1-15-12-17(3)19(13-16(15)2)21-14-33-25(27-21)28-24(30)20(10-11-32-5)26-23(29)18-8-6-7-9-22(18)31-4/h6-9,12-14,20H,10-11H2,1-5H3,(H,26,29)(H,27,28,30)/t20-/m0/s1. The van der Waals surface area contributed by atoms with Gasteiger partial charge in [-0.3, -0.25) is 9.59 Å². The highest BCUT2D eigenvalue weighted by Gasteiger charge is 2.23. The number of hydrogen-bond donors (Lipinski definition) is 2. The lowest BCUT2D eigenvalue weighted by atomic mass is 9.99. The number of para-hydroxylation sites is 1. The van der Waals surface area contributed by atoms with Gasteiger partial charge in [0.25, 0.3) is 5.91 Å². The number of ether oxygens (including phenoxy) is 1. The third-order valence-electron chi connectivity index (χ3n) is 5.44. The van der Waals surface area contributed by atoms with Gasteiger partial charge in [0.2, 0.25) is 5.91 Å². The second-order valence-corrected chi connectivity index (χ2v) is 9.63. The molecule has 33 heavy (non-hydrogen) atoms. The summed E-state index contributed by atoms with van der Waals surface area (Å²) in [6.45, 7) is 6.23. The number of methoxy groups -OCH3 is 1. The summed E-state index contributed by atoms with van der Waals surface area (Å²) in [6, 6.07) is 10.5. The minimum absolute atomic E-state index is 0.287.